The van der Waals surface area contributed by atoms with E-state index in [0.29, 0.717) is 28.5 Å². The summed E-state index contributed by atoms with van der Waals surface area (Å²) in [6, 6.07) is 13.2. The number of hydrogen-bond acceptors (Lipinski definition) is 3. The molecular weight excluding hydrogens is 455 g/mol. The molecule has 0 atom stereocenters. The van der Waals surface area contributed by atoms with Gasteiger partial charge in [-0.05, 0) is 44.5 Å². The van der Waals surface area contributed by atoms with Crippen LogP contribution in [0.1, 0.15) is 29.4 Å². The lowest BCUT2D eigenvalue weighted by atomic mass is 10.1. The molecule has 1 amide bonds. The average molecular weight is 474 g/mol. The summed E-state index contributed by atoms with van der Waals surface area (Å²) in [6.07, 6.45) is 1.83. The summed E-state index contributed by atoms with van der Waals surface area (Å²) in [7, 11) is 0. The van der Waals surface area contributed by atoms with Crippen LogP contribution in [0.5, 0.6) is 0 Å². The summed E-state index contributed by atoms with van der Waals surface area (Å²) < 4.78 is 1.94. The maximum Gasteiger partial charge on any atom is 0.280 e. The SMILES string of the molecule is CC1=NN(c2c(Cl)cc(Cl)cc2Cl)C(=O)/C1=C/c1c(C)nn(Cc2ccccc2)c1C. The van der Waals surface area contributed by atoms with E-state index in [9.17, 15) is 4.79 Å². The summed E-state index contributed by atoms with van der Waals surface area (Å²) in [5.41, 5.74) is 5.20. The summed E-state index contributed by atoms with van der Waals surface area (Å²) >= 11 is 18.6. The molecule has 4 rings (SSSR count). The molecule has 0 saturated carbocycles. The van der Waals surface area contributed by atoms with Crippen molar-refractivity contribution in [2.45, 2.75) is 27.3 Å². The van der Waals surface area contributed by atoms with E-state index in [-0.39, 0.29) is 16.0 Å². The van der Waals surface area contributed by atoms with Crippen molar-refractivity contribution in [3.8, 4) is 0 Å². The molecule has 0 N–H and O–H groups in total. The second-order valence-electron chi connectivity index (χ2n) is 7.31. The van der Waals surface area contributed by atoms with Crippen LogP contribution < -0.4 is 5.01 Å². The van der Waals surface area contributed by atoms with E-state index in [1.165, 1.54) is 17.1 Å². The molecule has 2 aromatic carbocycles. The number of rotatable bonds is 4. The Bertz CT molecular complexity index is 1220. The first-order chi connectivity index (χ1) is 14.8. The smallest absolute Gasteiger partial charge is 0.267 e. The fourth-order valence-corrected chi connectivity index (χ4v) is 4.52. The van der Waals surface area contributed by atoms with Crippen LogP contribution in [0.2, 0.25) is 15.1 Å². The number of anilines is 1. The quantitative estimate of drug-likeness (QED) is 0.417. The van der Waals surface area contributed by atoms with Crippen molar-refractivity contribution >= 4 is 58.2 Å². The second kappa shape index (κ2) is 8.50. The molecule has 0 saturated heterocycles. The molecule has 0 bridgehead atoms. The Morgan fingerprint density at radius 3 is 2.29 bits per heavy atom. The molecule has 1 aliphatic heterocycles. The first kappa shape index (κ1) is 21.6. The standard InChI is InChI=1S/C23H19Cl3N4O/c1-13-18(15(3)29(27-13)12-16-7-5-4-6-8-16)11-19-14(2)28-30(23(19)31)22-20(25)9-17(24)10-21(22)26/h4-11H,12H2,1-3H3/b19-11+. The van der Waals surface area contributed by atoms with Crippen LogP contribution in [0.4, 0.5) is 5.69 Å². The third kappa shape index (κ3) is 4.13. The third-order valence-corrected chi connectivity index (χ3v) is 5.95. The molecule has 0 radical (unpaired) electrons. The lowest BCUT2D eigenvalue weighted by molar-refractivity contribution is -0.114. The minimum absolute atomic E-state index is 0.256. The molecule has 1 aliphatic rings. The second-order valence-corrected chi connectivity index (χ2v) is 8.56. The van der Waals surface area contributed by atoms with Crippen molar-refractivity contribution in [1.82, 2.24) is 9.78 Å². The Morgan fingerprint density at radius 1 is 1.00 bits per heavy atom. The van der Waals surface area contributed by atoms with Crippen LogP contribution >= 0.6 is 34.8 Å². The van der Waals surface area contributed by atoms with Gasteiger partial charge < -0.3 is 0 Å². The van der Waals surface area contributed by atoms with Gasteiger partial charge in [-0.1, -0.05) is 65.1 Å². The van der Waals surface area contributed by atoms with Gasteiger partial charge in [-0.15, -0.1) is 0 Å². The van der Waals surface area contributed by atoms with Gasteiger partial charge in [0.1, 0.15) is 5.69 Å². The topological polar surface area (TPSA) is 50.5 Å². The maximum absolute atomic E-state index is 13.2. The average Bonchev–Trinajstić information content (AvgIpc) is 3.13. The molecule has 0 unspecified atom stereocenters. The van der Waals surface area contributed by atoms with Crippen LogP contribution in [0.15, 0.2) is 53.1 Å². The van der Waals surface area contributed by atoms with Crippen molar-refractivity contribution in [3.05, 3.63) is 85.6 Å². The lowest BCUT2D eigenvalue weighted by Crippen LogP contribution is -2.22. The van der Waals surface area contributed by atoms with E-state index >= 15 is 0 Å². The minimum atomic E-state index is -0.307. The van der Waals surface area contributed by atoms with Crippen molar-refractivity contribution in [3.63, 3.8) is 0 Å². The zero-order chi connectivity index (χ0) is 22.3. The van der Waals surface area contributed by atoms with E-state index < -0.39 is 0 Å². The van der Waals surface area contributed by atoms with E-state index in [0.717, 1.165) is 22.5 Å². The Kier molecular flexibility index (Phi) is 5.93. The molecule has 5 nitrogen and oxygen atoms in total. The van der Waals surface area contributed by atoms with Crippen molar-refractivity contribution in [1.29, 1.82) is 0 Å². The molecule has 31 heavy (non-hydrogen) atoms. The van der Waals surface area contributed by atoms with Gasteiger partial charge in [-0.3, -0.25) is 9.48 Å². The minimum Gasteiger partial charge on any atom is -0.267 e. The van der Waals surface area contributed by atoms with Crippen LogP contribution in [0.3, 0.4) is 0 Å². The highest BCUT2D eigenvalue weighted by atomic mass is 35.5. The number of carbonyl (C=O) groups is 1. The maximum atomic E-state index is 13.2. The van der Waals surface area contributed by atoms with Gasteiger partial charge in [0.2, 0.25) is 0 Å². The number of aromatic nitrogens is 2. The van der Waals surface area contributed by atoms with Crippen LogP contribution in [-0.2, 0) is 11.3 Å². The van der Waals surface area contributed by atoms with Crippen LogP contribution in [-0.4, -0.2) is 21.4 Å². The summed E-state index contributed by atoms with van der Waals surface area (Å²) in [5.74, 6) is -0.307. The molecule has 0 fully saturated rings. The highest BCUT2D eigenvalue weighted by Crippen LogP contribution is 2.39. The molecule has 158 valence electrons. The van der Waals surface area contributed by atoms with E-state index in [1.54, 1.807) is 6.92 Å². The van der Waals surface area contributed by atoms with Crippen LogP contribution in [0, 0.1) is 13.8 Å². The van der Waals surface area contributed by atoms with Gasteiger partial charge in [-0.25, -0.2) is 0 Å². The van der Waals surface area contributed by atoms with Gasteiger partial charge in [0.05, 0.1) is 33.6 Å². The van der Waals surface area contributed by atoms with Crippen molar-refractivity contribution in [2.75, 3.05) is 5.01 Å². The largest absolute Gasteiger partial charge is 0.280 e. The highest BCUT2D eigenvalue weighted by molar-refractivity contribution is 6.44. The number of carbonyl (C=O) groups excluding carboxylic acids is 1. The van der Waals surface area contributed by atoms with E-state index in [4.69, 9.17) is 34.8 Å². The molecule has 0 spiro atoms. The highest BCUT2D eigenvalue weighted by Gasteiger charge is 2.32. The van der Waals surface area contributed by atoms with Gasteiger partial charge in [0.15, 0.2) is 0 Å². The molecule has 1 aromatic heterocycles. The van der Waals surface area contributed by atoms with Gasteiger partial charge in [0.25, 0.3) is 5.91 Å². The number of halogens is 3. The molecule has 8 heteroatoms. The Morgan fingerprint density at radius 2 is 1.65 bits per heavy atom. The number of nitrogens with zero attached hydrogens (tertiary/aromatic N) is 4. The van der Waals surface area contributed by atoms with E-state index in [1.807, 2.05) is 42.8 Å². The predicted molar refractivity (Wildman–Crippen MR) is 127 cm³/mol. The van der Waals surface area contributed by atoms with Crippen molar-refractivity contribution in [2.24, 2.45) is 5.10 Å². The Hall–Kier alpha value is -2.60. The first-order valence-electron chi connectivity index (χ1n) is 9.60. The first-order valence-corrected chi connectivity index (χ1v) is 10.7. The zero-order valence-corrected chi connectivity index (χ0v) is 19.4. The summed E-state index contributed by atoms with van der Waals surface area (Å²) in [6.45, 7) is 6.35. The lowest BCUT2D eigenvalue weighted by Gasteiger charge is -2.15. The number of benzene rings is 2. The number of hydrogen-bond donors (Lipinski definition) is 0. The predicted octanol–water partition coefficient (Wildman–Crippen LogP) is 6.31. The van der Waals surface area contributed by atoms with Gasteiger partial charge >= 0.3 is 0 Å². The molecule has 0 aliphatic carbocycles. The molecular formula is C23H19Cl3N4O. The van der Waals surface area contributed by atoms with Crippen molar-refractivity contribution < 1.29 is 4.79 Å². The Balaban J connectivity index is 1.69. The zero-order valence-electron chi connectivity index (χ0n) is 17.2. The van der Waals surface area contributed by atoms with Crippen LogP contribution in [0.25, 0.3) is 6.08 Å². The summed E-state index contributed by atoms with van der Waals surface area (Å²) in [4.78, 5) is 13.2. The van der Waals surface area contributed by atoms with Gasteiger partial charge in [0, 0.05) is 16.3 Å². The number of hydrazone groups is 1. The number of amides is 1. The van der Waals surface area contributed by atoms with E-state index in [2.05, 4.69) is 22.3 Å². The molecule has 2 heterocycles. The Labute approximate surface area is 195 Å². The summed E-state index contributed by atoms with van der Waals surface area (Å²) in [5, 5.41) is 11.2. The fourth-order valence-electron chi connectivity index (χ4n) is 3.55. The normalized spacial score (nSPS) is 15.2. The monoisotopic (exact) mass is 472 g/mol. The molecule has 3 aromatic rings. The number of aryl methyl sites for hydroxylation is 1. The third-order valence-electron chi connectivity index (χ3n) is 5.16. The van der Waals surface area contributed by atoms with Gasteiger partial charge in [-0.2, -0.15) is 15.2 Å². The fraction of sp³-hybridized carbons (Fsp3) is 0.174.